The Morgan fingerprint density at radius 1 is 1.30 bits per heavy atom. The zero-order valence-corrected chi connectivity index (χ0v) is 11.3. The van der Waals surface area contributed by atoms with Crippen molar-refractivity contribution in [2.24, 2.45) is 5.73 Å². The monoisotopic (exact) mass is 288 g/mol. The first-order valence-corrected chi connectivity index (χ1v) is 6.44. The molecule has 6 heteroatoms. The first-order valence-electron chi connectivity index (χ1n) is 6.44. The SMILES string of the molecule is CC(N)CCC(=O)NC(Cc1ccccc1)C(F)(F)F. The molecular weight excluding hydrogens is 269 g/mol. The van der Waals surface area contributed by atoms with Crippen LogP contribution in [0.4, 0.5) is 13.2 Å². The molecule has 2 atom stereocenters. The van der Waals surface area contributed by atoms with Gasteiger partial charge in [-0.25, -0.2) is 0 Å². The van der Waals surface area contributed by atoms with Gasteiger partial charge < -0.3 is 11.1 Å². The minimum atomic E-state index is -4.47. The summed E-state index contributed by atoms with van der Waals surface area (Å²) in [6, 6.07) is 6.19. The van der Waals surface area contributed by atoms with Crippen molar-refractivity contribution in [3.8, 4) is 0 Å². The molecule has 1 aromatic rings. The molecule has 0 saturated carbocycles. The summed E-state index contributed by atoms with van der Waals surface area (Å²) in [7, 11) is 0. The molecule has 2 unspecified atom stereocenters. The van der Waals surface area contributed by atoms with Gasteiger partial charge in [-0.1, -0.05) is 30.3 Å². The lowest BCUT2D eigenvalue weighted by molar-refractivity contribution is -0.161. The summed E-state index contributed by atoms with van der Waals surface area (Å²) >= 11 is 0. The Kier molecular flexibility index (Phi) is 6.01. The number of amides is 1. The van der Waals surface area contributed by atoms with E-state index in [1.165, 1.54) is 0 Å². The van der Waals surface area contributed by atoms with Crippen molar-refractivity contribution in [1.82, 2.24) is 5.32 Å². The number of carbonyl (C=O) groups is 1. The van der Waals surface area contributed by atoms with Crippen LogP contribution in [0, 0.1) is 0 Å². The maximum Gasteiger partial charge on any atom is 0.408 e. The summed E-state index contributed by atoms with van der Waals surface area (Å²) in [6.07, 6.45) is -4.38. The zero-order valence-electron chi connectivity index (χ0n) is 11.3. The highest BCUT2D eigenvalue weighted by atomic mass is 19.4. The molecule has 0 aromatic heterocycles. The number of nitrogens with one attached hydrogen (secondary N) is 1. The molecule has 0 spiro atoms. The van der Waals surface area contributed by atoms with Gasteiger partial charge in [0, 0.05) is 18.9 Å². The summed E-state index contributed by atoms with van der Waals surface area (Å²) in [6.45, 7) is 1.71. The molecule has 20 heavy (non-hydrogen) atoms. The van der Waals surface area contributed by atoms with Crippen molar-refractivity contribution in [1.29, 1.82) is 0 Å². The third-order valence-corrected chi connectivity index (χ3v) is 2.84. The van der Waals surface area contributed by atoms with Crippen LogP contribution in [0.15, 0.2) is 30.3 Å². The number of hydrogen-bond acceptors (Lipinski definition) is 2. The predicted octanol–water partition coefficient (Wildman–Crippen LogP) is 2.40. The lowest BCUT2D eigenvalue weighted by Crippen LogP contribution is -2.47. The van der Waals surface area contributed by atoms with E-state index in [1.54, 1.807) is 37.3 Å². The van der Waals surface area contributed by atoms with Gasteiger partial charge in [0.25, 0.3) is 0 Å². The normalized spacial score (nSPS) is 14.7. The summed E-state index contributed by atoms with van der Waals surface area (Å²) in [4.78, 5) is 11.5. The Morgan fingerprint density at radius 3 is 2.40 bits per heavy atom. The van der Waals surface area contributed by atoms with Gasteiger partial charge in [0.2, 0.25) is 5.91 Å². The van der Waals surface area contributed by atoms with Crippen LogP contribution in [0.25, 0.3) is 0 Å². The molecule has 0 radical (unpaired) electrons. The highest BCUT2D eigenvalue weighted by Crippen LogP contribution is 2.23. The van der Waals surface area contributed by atoms with Gasteiger partial charge in [0.05, 0.1) is 0 Å². The molecular formula is C14H19F3N2O. The second kappa shape index (κ2) is 7.28. The number of rotatable bonds is 6. The number of nitrogens with two attached hydrogens (primary N) is 1. The van der Waals surface area contributed by atoms with E-state index in [4.69, 9.17) is 5.73 Å². The lowest BCUT2D eigenvalue weighted by atomic mass is 10.1. The van der Waals surface area contributed by atoms with Crippen LogP contribution in [0.5, 0.6) is 0 Å². The van der Waals surface area contributed by atoms with Crippen LogP contribution in [0.2, 0.25) is 0 Å². The first kappa shape index (κ1) is 16.5. The number of hydrogen-bond donors (Lipinski definition) is 2. The molecule has 0 bridgehead atoms. The highest BCUT2D eigenvalue weighted by Gasteiger charge is 2.40. The molecule has 1 aromatic carbocycles. The van der Waals surface area contributed by atoms with Crippen LogP contribution >= 0.6 is 0 Å². The fraction of sp³-hybridized carbons (Fsp3) is 0.500. The summed E-state index contributed by atoms with van der Waals surface area (Å²) in [5.74, 6) is -0.624. The van der Waals surface area contributed by atoms with Crippen molar-refractivity contribution in [3.63, 3.8) is 0 Å². The minimum Gasteiger partial charge on any atom is -0.344 e. The van der Waals surface area contributed by atoms with Crippen molar-refractivity contribution in [3.05, 3.63) is 35.9 Å². The fourth-order valence-corrected chi connectivity index (χ4v) is 1.72. The van der Waals surface area contributed by atoms with E-state index in [0.717, 1.165) is 0 Å². The standard InChI is InChI=1S/C14H19F3N2O/c1-10(18)7-8-13(20)19-12(14(15,16)17)9-11-5-3-2-4-6-11/h2-6,10,12H,7-9,18H2,1H3,(H,19,20). The topological polar surface area (TPSA) is 55.1 Å². The highest BCUT2D eigenvalue weighted by molar-refractivity contribution is 5.76. The first-order chi connectivity index (χ1) is 9.29. The molecule has 112 valence electrons. The van der Waals surface area contributed by atoms with Gasteiger partial charge in [-0.2, -0.15) is 13.2 Å². The van der Waals surface area contributed by atoms with Gasteiger partial charge in [-0.15, -0.1) is 0 Å². The van der Waals surface area contributed by atoms with Crippen LogP contribution in [-0.4, -0.2) is 24.2 Å². The van der Waals surface area contributed by atoms with E-state index in [0.29, 0.717) is 12.0 Å². The third kappa shape index (κ3) is 6.06. The molecule has 3 nitrogen and oxygen atoms in total. The second-order valence-electron chi connectivity index (χ2n) is 4.87. The Morgan fingerprint density at radius 2 is 1.90 bits per heavy atom. The van der Waals surface area contributed by atoms with Gasteiger partial charge in [0.15, 0.2) is 0 Å². The van der Waals surface area contributed by atoms with Gasteiger partial charge in [0.1, 0.15) is 6.04 Å². The summed E-state index contributed by atoms with van der Waals surface area (Å²) in [5.41, 5.74) is 6.01. The molecule has 3 N–H and O–H groups in total. The maximum absolute atomic E-state index is 12.9. The van der Waals surface area contributed by atoms with E-state index < -0.39 is 18.1 Å². The number of halogens is 3. The molecule has 0 aliphatic heterocycles. The number of alkyl halides is 3. The number of carbonyl (C=O) groups excluding carboxylic acids is 1. The van der Waals surface area contributed by atoms with E-state index in [1.807, 2.05) is 5.32 Å². The molecule has 0 aliphatic carbocycles. The van der Waals surface area contributed by atoms with Gasteiger partial charge in [-0.05, 0) is 18.9 Å². The van der Waals surface area contributed by atoms with E-state index in [9.17, 15) is 18.0 Å². The Labute approximate surface area is 116 Å². The Balaban J connectivity index is 2.64. The average Bonchev–Trinajstić information content (AvgIpc) is 2.36. The van der Waals surface area contributed by atoms with Crippen LogP contribution in [0.3, 0.4) is 0 Å². The van der Waals surface area contributed by atoms with Gasteiger partial charge >= 0.3 is 6.18 Å². The quantitative estimate of drug-likeness (QED) is 0.844. The predicted molar refractivity (Wildman–Crippen MR) is 71.0 cm³/mol. The van der Waals surface area contributed by atoms with Crippen molar-refractivity contribution in [2.75, 3.05) is 0 Å². The molecule has 0 fully saturated rings. The molecule has 0 saturated heterocycles. The van der Waals surface area contributed by atoms with Crippen molar-refractivity contribution >= 4 is 5.91 Å². The van der Waals surface area contributed by atoms with E-state index in [2.05, 4.69) is 0 Å². The fourth-order valence-electron chi connectivity index (χ4n) is 1.72. The summed E-state index contributed by atoms with van der Waals surface area (Å²) < 4.78 is 38.8. The van der Waals surface area contributed by atoms with Crippen molar-refractivity contribution in [2.45, 2.75) is 44.4 Å². The van der Waals surface area contributed by atoms with Gasteiger partial charge in [-0.3, -0.25) is 4.79 Å². The minimum absolute atomic E-state index is 0.000956. The maximum atomic E-state index is 12.9. The lowest BCUT2D eigenvalue weighted by Gasteiger charge is -2.22. The van der Waals surface area contributed by atoms with Crippen LogP contribution < -0.4 is 11.1 Å². The molecule has 1 amide bonds. The van der Waals surface area contributed by atoms with E-state index in [-0.39, 0.29) is 18.9 Å². The Hall–Kier alpha value is -1.56. The smallest absolute Gasteiger partial charge is 0.344 e. The molecule has 1 rings (SSSR count). The number of benzene rings is 1. The molecule has 0 heterocycles. The summed E-state index contributed by atoms with van der Waals surface area (Å²) in [5, 5.41) is 2.04. The second-order valence-corrected chi connectivity index (χ2v) is 4.87. The van der Waals surface area contributed by atoms with Crippen LogP contribution in [-0.2, 0) is 11.2 Å². The van der Waals surface area contributed by atoms with E-state index >= 15 is 0 Å². The zero-order chi connectivity index (χ0) is 15.2. The van der Waals surface area contributed by atoms with Crippen LogP contribution in [0.1, 0.15) is 25.3 Å². The third-order valence-electron chi connectivity index (χ3n) is 2.84. The Bertz CT molecular complexity index is 418. The average molecular weight is 288 g/mol. The largest absolute Gasteiger partial charge is 0.408 e. The molecule has 0 aliphatic rings. The van der Waals surface area contributed by atoms with Crippen molar-refractivity contribution < 1.29 is 18.0 Å².